The molecule has 1 fully saturated rings. The van der Waals surface area contributed by atoms with E-state index in [0.29, 0.717) is 29.6 Å². The largest absolute Gasteiger partial charge is 0.334 e. The average Bonchev–Trinajstić information content (AvgIpc) is 3.51. The number of carbonyl (C=O) groups excluding carboxylic acids is 1. The van der Waals surface area contributed by atoms with Gasteiger partial charge < -0.3 is 9.88 Å². The van der Waals surface area contributed by atoms with Crippen LogP contribution in [0.2, 0.25) is 0 Å². The van der Waals surface area contributed by atoms with Gasteiger partial charge in [-0.1, -0.05) is 29.8 Å². The van der Waals surface area contributed by atoms with E-state index in [2.05, 4.69) is 41.2 Å². The SMILES string of the molecule is Cc1ccc(CN(C(=O)C(C)SCc2nc3sc(C)c(C)c3c(=O)[nH]2)C2CC2)cc1. The number of rotatable bonds is 7. The highest BCUT2D eigenvalue weighted by Gasteiger charge is 2.34. The standard InChI is InChI=1S/C23H27N3O2S2/c1-13-5-7-17(8-6-13)11-26(18-9-10-18)23(28)16(4)29-12-19-24-21(27)20-14(2)15(3)30-22(20)25-19/h5-8,16,18H,9-12H2,1-4H3,(H,24,25,27). The van der Waals surface area contributed by atoms with E-state index >= 15 is 0 Å². The first-order valence-corrected chi connectivity index (χ1v) is 12.2. The lowest BCUT2D eigenvalue weighted by Crippen LogP contribution is -2.37. The molecule has 2 heterocycles. The van der Waals surface area contributed by atoms with Crippen molar-refractivity contribution in [3.8, 4) is 0 Å². The fraction of sp³-hybridized carbons (Fsp3) is 0.435. The van der Waals surface area contributed by atoms with Crippen LogP contribution in [0, 0.1) is 20.8 Å². The number of fused-ring (bicyclic) bond motifs is 1. The zero-order chi connectivity index (χ0) is 21.4. The Kier molecular flexibility index (Phi) is 6.02. The van der Waals surface area contributed by atoms with Crippen LogP contribution in [0.25, 0.3) is 10.2 Å². The summed E-state index contributed by atoms with van der Waals surface area (Å²) >= 11 is 3.08. The number of H-pyrrole nitrogens is 1. The Morgan fingerprint density at radius 1 is 1.27 bits per heavy atom. The molecule has 1 aliphatic rings. The van der Waals surface area contributed by atoms with Crippen LogP contribution in [-0.2, 0) is 17.1 Å². The van der Waals surface area contributed by atoms with Gasteiger partial charge in [0, 0.05) is 17.5 Å². The lowest BCUT2D eigenvalue weighted by Gasteiger charge is -2.25. The molecule has 0 aliphatic heterocycles. The molecule has 2 aromatic heterocycles. The molecule has 1 N–H and O–H groups in total. The maximum absolute atomic E-state index is 13.2. The number of carbonyl (C=O) groups is 1. The maximum Gasteiger partial charge on any atom is 0.259 e. The zero-order valence-corrected chi connectivity index (χ0v) is 19.5. The van der Waals surface area contributed by atoms with E-state index in [1.807, 2.05) is 25.7 Å². The van der Waals surface area contributed by atoms with Gasteiger partial charge in [-0.2, -0.15) is 0 Å². The third-order valence-electron chi connectivity index (χ3n) is 5.65. The van der Waals surface area contributed by atoms with Crippen molar-refractivity contribution in [1.29, 1.82) is 0 Å². The highest BCUT2D eigenvalue weighted by molar-refractivity contribution is 7.99. The molecule has 4 rings (SSSR count). The van der Waals surface area contributed by atoms with E-state index in [1.165, 1.54) is 17.3 Å². The van der Waals surface area contributed by atoms with Crippen molar-refractivity contribution in [3.05, 3.63) is 62.0 Å². The van der Waals surface area contributed by atoms with Gasteiger partial charge in [0.05, 0.1) is 16.4 Å². The van der Waals surface area contributed by atoms with E-state index in [9.17, 15) is 9.59 Å². The van der Waals surface area contributed by atoms with Crippen molar-refractivity contribution in [3.63, 3.8) is 0 Å². The topological polar surface area (TPSA) is 66.1 Å². The van der Waals surface area contributed by atoms with Gasteiger partial charge in [-0.05, 0) is 51.7 Å². The van der Waals surface area contributed by atoms with Gasteiger partial charge in [0.25, 0.3) is 5.56 Å². The second-order valence-electron chi connectivity index (χ2n) is 8.11. The quantitative estimate of drug-likeness (QED) is 0.576. The van der Waals surface area contributed by atoms with Crippen LogP contribution in [0.4, 0.5) is 0 Å². The summed E-state index contributed by atoms with van der Waals surface area (Å²) in [5.41, 5.74) is 3.30. The first-order valence-electron chi connectivity index (χ1n) is 10.3. The third kappa shape index (κ3) is 4.47. The Bertz CT molecular complexity index is 1130. The molecule has 3 aromatic rings. The summed E-state index contributed by atoms with van der Waals surface area (Å²) < 4.78 is 0. The summed E-state index contributed by atoms with van der Waals surface area (Å²) in [6.45, 7) is 8.65. The van der Waals surface area contributed by atoms with Gasteiger partial charge >= 0.3 is 0 Å². The number of hydrogen-bond acceptors (Lipinski definition) is 5. The van der Waals surface area contributed by atoms with E-state index in [1.54, 1.807) is 11.3 Å². The molecule has 158 valence electrons. The van der Waals surface area contributed by atoms with Crippen LogP contribution in [0.1, 0.15) is 47.2 Å². The monoisotopic (exact) mass is 441 g/mol. The van der Waals surface area contributed by atoms with Gasteiger partial charge in [-0.15, -0.1) is 23.1 Å². The van der Waals surface area contributed by atoms with Gasteiger partial charge in [-0.3, -0.25) is 9.59 Å². The number of benzene rings is 1. The van der Waals surface area contributed by atoms with Gasteiger partial charge in [-0.25, -0.2) is 4.98 Å². The molecular weight excluding hydrogens is 414 g/mol. The number of thioether (sulfide) groups is 1. The van der Waals surface area contributed by atoms with Crippen LogP contribution < -0.4 is 5.56 Å². The molecule has 0 spiro atoms. The van der Waals surface area contributed by atoms with Crippen LogP contribution in [-0.4, -0.2) is 32.1 Å². The predicted octanol–water partition coefficient (Wildman–Crippen LogP) is 4.72. The average molecular weight is 442 g/mol. The Morgan fingerprint density at radius 2 is 1.97 bits per heavy atom. The maximum atomic E-state index is 13.2. The number of thiophene rings is 1. The Balaban J connectivity index is 1.44. The lowest BCUT2D eigenvalue weighted by atomic mass is 10.1. The summed E-state index contributed by atoms with van der Waals surface area (Å²) in [5, 5.41) is 0.497. The zero-order valence-electron chi connectivity index (χ0n) is 17.8. The number of amides is 1. The number of aromatic amines is 1. The summed E-state index contributed by atoms with van der Waals surface area (Å²) in [7, 11) is 0. The lowest BCUT2D eigenvalue weighted by molar-refractivity contribution is -0.131. The molecule has 1 saturated carbocycles. The minimum Gasteiger partial charge on any atom is -0.334 e. The summed E-state index contributed by atoms with van der Waals surface area (Å²) in [4.78, 5) is 37.1. The van der Waals surface area contributed by atoms with Gasteiger partial charge in [0.15, 0.2) is 0 Å². The predicted molar refractivity (Wildman–Crippen MR) is 125 cm³/mol. The molecule has 0 bridgehead atoms. The minimum absolute atomic E-state index is 0.0876. The van der Waals surface area contributed by atoms with Gasteiger partial charge in [0.1, 0.15) is 10.7 Å². The number of hydrogen-bond donors (Lipinski definition) is 1. The second kappa shape index (κ2) is 8.55. The van der Waals surface area contributed by atoms with Crippen LogP contribution >= 0.6 is 23.1 Å². The normalized spacial score (nSPS) is 14.8. The van der Waals surface area contributed by atoms with Crippen LogP contribution in [0.5, 0.6) is 0 Å². The van der Waals surface area contributed by atoms with Crippen LogP contribution in [0.3, 0.4) is 0 Å². The summed E-state index contributed by atoms with van der Waals surface area (Å²) in [6, 6.07) is 8.74. The van der Waals surface area contributed by atoms with Crippen molar-refractivity contribution in [2.24, 2.45) is 0 Å². The smallest absolute Gasteiger partial charge is 0.259 e. The van der Waals surface area contributed by atoms with E-state index < -0.39 is 0 Å². The molecular formula is C23H27N3O2S2. The molecule has 1 aromatic carbocycles. The third-order valence-corrected chi connectivity index (χ3v) is 7.89. The number of aromatic nitrogens is 2. The highest BCUT2D eigenvalue weighted by atomic mass is 32.2. The molecule has 0 saturated heterocycles. The molecule has 1 amide bonds. The van der Waals surface area contributed by atoms with Gasteiger partial charge in [0.2, 0.25) is 5.91 Å². The molecule has 7 heteroatoms. The van der Waals surface area contributed by atoms with E-state index in [0.717, 1.165) is 33.7 Å². The molecule has 0 radical (unpaired) electrons. The minimum atomic E-state index is -0.191. The second-order valence-corrected chi connectivity index (χ2v) is 10.6. The number of aryl methyl sites for hydroxylation is 3. The first kappa shape index (κ1) is 21.1. The van der Waals surface area contributed by atoms with Crippen molar-refractivity contribution < 1.29 is 4.79 Å². The highest BCUT2D eigenvalue weighted by Crippen LogP contribution is 2.31. The summed E-state index contributed by atoms with van der Waals surface area (Å²) in [6.07, 6.45) is 2.16. The van der Waals surface area contributed by atoms with Crippen molar-refractivity contribution in [1.82, 2.24) is 14.9 Å². The van der Waals surface area contributed by atoms with Crippen LogP contribution in [0.15, 0.2) is 29.1 Å². The molecule has 1 atom stereocenters. The van der Waals surface area contributed by atoms with E-state index in [-0.39, 0.29) is 16.7 Å². The molecule has 1 aliphatic carbocycles. The van der Waals surface area contributed by atoms with Crippen molar-refractivity contribution in [2.45, 2.75) is 64.1 Å². The van der Waals surface area contributed by atoms with Crippen molar-refractivity contribution >= 4 is 39.2 Å². The Hall–Kier alpha value is -2.12. The fourth-order valence-electron chi connectivity index (χ4n) is 3.54. The van der Waals surface area contributed by atoms with E-state index in [4.69, 9.17) is 0 Å². The molecule has 1 unspecified atom stereocenters. The fourth-order valence-corrected chi connectivity index (χ4v) is 5.41. The molecule has 30 heavy (non-hydrogen) atoms. The Morgan fingerprint density at radius 3 is 2.63 bits per heavy atom. The first-order chi connectivity index (χ1) is 14.3. The summed E-state index contributed by atoms with van der Waals surface area (Å²) in [5.74, 6) is 1.31. The number of nitrogens with zero attached hydrogens (tertiary/aromatic N) is 2. The number of nitrogens with one attached hydrogen (secondary N) is 1. The Labute approximate surface area is 184 Å². The molecule has 5 nitrogen and oxygen atoms in total. The van der Waals surface area contributed by atoms with Crippen molar-refractivity contribution in [2.75, 3.05) is 0 Å².